The lowest BCUT2D eigenvalue weighted by Gasteiger charge is -2.15. The monoisotopic (exact) mass is 257 g/mol. The molecule has 0 spiro atoms. The summed E-state index contributed by atoms with van der Waals surface area (Å²) in [4.78, 5) is 0. The fourth-order valence-corrected chi connectivity index (χ4v) is 2.18. The Labute approximate surface area is 104 Å². The summed E-state index contributed by atoms with van der Waals surface area (Å²) >= 11 is 0. The number of hydrogen-bond donors (Lipinski definition) is 3. The van der Waals surface area contributed by atoms with Gasteiger partial charge in [0.2, 0.25) is 0 Å². The molecule has 0 aliphatic heterocycles. The van der Waals surface area contributed by atoms with Crippen molar-refractivity contribution in [3.8, 4) is 11.5 Å². The van der Waals surface area contributed by atoms with E-state index in [-0.39, 0.29) is 17.5 Å². The zero-order valence-electron chi connectivity index (χ0n) is 10.1. The van der Waals surface area contributed by atoms with E-state index in [0.717, 1.165) is 5.56 Å². The number of phenols is 2. The molecule has 0 aromatic heterocycles. The fraction of sp³-hybridized carbons (Fsp3) is 0.500. The van der Waals surface area contributed by atoms with Gasteiger partial charge < -0.3 is 15.5 Å². The third-order valence-electron chi connectivity index (χ3n) is 2.58. The first-order chi connectivity index (χ1) is 8.04. The van der Waals surface area contributed by atoms with E-state index in [1.807, 2.05) is 13.8 Å². The predicted molar refractivity (Wildman–Crippen MR) is 69.7 cm³/mol. The Balaban J connectivity index is 2.52. The van der Waals surface area contributed by atoms with Crippen molar-refractivity contribution in [3.05, 3.63) is 23.8 Å². The second kappa shape index (κ2) is 6.61. The minimum Gasteiger partial charge on any atom is -0.508 e. The molecule has 0 bridgehead atoms. The number of benzene rings is 1. The average Bonchev–Trinajstić information content (AvgIpc) is 2.28. The van der Waals surface area contributed by atoms with Crippen LogP contribution in [0.15, 0.2) is 18.2 Å². The van der Waals surface area contributed by atoms with Gasteiger partial charge in [0.1, 0.15) is 11.5 Å². The second-order valence-corrected chi connectivity index (χ2v) is 5.72. The van der Waals surface area contributed by atoms with E-state index in [4.69, 9.17) is 0 Å². The van der Waals surface area contributed by atoms with Crippen LogP contribution in [-0.4, -0.2) is 32.5 Å². The van der Waals surface area contributed by atoms with E-state index < -0.39 is 10.8 Å². The lowest BCUT2D eigenvalue weighted by atomic mass is 10.1. The van der Waals surface area contributed by atoms with E-state index in [1.54, 1.807) is 6.07 Å². The Hall–Kier alpha value is -1.07. The zero-order valence-corrected chi connectivity index (χ0v) is 11.0. The highest BCUT2D eigenvalue weighted by molar-refractivity contribution is 7.84. The SMILES string of the molecule is CCS(=O)CCNC(C)c1ccc(O)cc1O. The lowest BCUT2D eigenvalue weighted by Crippen LogP contribution is -2.24. The summed E-state index contributed by atoms with van der Waals surface area (Å²) in [6, 6.07) is 4.50. The Morgan fingerprint density at radius 3 is 2.71 bits per heavy atom. The molecular weight excluding hydrogens is 238 g/mol. The number of phenolic OH excluding ortho intramolecular Hbond substituents is 2. The standard InChI is InChI=1S/C12H19NO3S/c1-3-17(16)7-6-13-9(2)11-5-4-10(14)8-12(11)15/h4-5,8-9,13-15H,3,6-7H2,1-2H3. The summed E-state index contributed by atoms with van der Waals surface area (Å²) in [7, 11) is -0.774. The van der Waals surface area contributed by atoms with E-state index in [0.29, 0.717) is 18.1 Å². The van der Waals surface area contributed by atoms with Crippen LogP contribution in [-0.2, 0) is 10.8 Å². The highest BCUT2D eigenvalue weighted by Crippen LogP contribution is 2.27. The fourth-order valence-electron chi connectivity index (χ4n) is 1.54. The quantitative estimate of drug-likeness (QED) is 0.722. The van der Waals surface area contributed by atoms with Crippen molar-refractivity contribution in [1.29, 1.82) is 0 Å². The second-order valence-electron chi connectivity index (χ2n) is 3.85. The van der Waals surface area contributed by atoms with Gasteiger partial charge >= 0.3 is 0 Å². The summed E-state index contributed by atoms with van der Waals surface area (Å²) in [5.74, 6) is 1.40. The molecule has 0 aliphatic rings. The molecule has 1 aromatic rings. The molecule has 0 heterocycles. The van der Waals surface area contributed by atoms with Crippen LogP contribution in [0.3, 0.4) is 0 Å². The first-order valence-electron chi connectivity index (χ1n) is 5.64. The van der Waals surface area contributed by atoms with Crippen LogP contribution in [0.2, 0.25) is 0 Å². The Morgan fingerprint density at radius 1 is 1.41 bits per heavy atom. The van der Waals surface area contributed by atoms with Crippen LogP contribution in [0.4, 0.5) is 0 Å². The van der Waals surface area contributed by atoms with Crippen LogP contribution in [0.1, 0.15) is 25.5 Å². The molecule has 4 nitrogen and oxygen atoms in total. The van der Waals surface area contributed by atoms with Gasteiger partial charge in [0.25, 0.3) is 0 Å². The van der Waals surface area contributed by atoms with E-state index in [1.165, 1.54) is 12.1 Å². The molecule has 0 aliphatic carbocycles. The molecule has 0 radical (unpaired) electrons. The highest BCUT2D eigenvalue weighted by Gasteiger charge is 2.10. The van der Waals surface area contributed by atoms with Crippen molar-refractivity contribution in [2.24, 2.45) is 0 Å². The van der Waals surface area contributed by atoms with Crippen LogP contribution in [0.5, 0.6) is 11.5 Å². The largest absolute Gasteiger partial charge is 0.508 e. The zero-order chi connectivity index (χ0) is 12.8. The van der Waals surface area contributed by atoms with Gasteiger partial charge in [-0.2, -0.15) is 0 Å². The normalized spacial score (nSPS) is 14.5. The van der Waals surface area contributed by atoms with Gasteiger partial charge in [-0.05, 0) is 13.0 Å². The third kappa shape index (κ3) is 4.36. The maximum Gasteiger partial charge on any atom is 0.124 e. The molecule has 5 heteroatoms. The van der Waals surface area contributed by atoms with Gasteiger partial charge in [-0.15, -0.1) is 0 Å². The smallest absolute Gasteiger partial charge is 0.124 e. The summed E-state index contributed by atoms with van der Waals surface area (Å²) in [5, 5.41) is 22.0. The van der Waals surface area contributed by atoms with Crippen LogP contribution >= 0.6 is 0 Å². The maximum atomic E-state index is 11.2. The van der Waals surface area contributed by atoms with Crippen LogP contribution in [0.25, 0.3) is 0 Å². The van der Waals surface area contributed by atoms with Gasteiger partial charge in [-0.1, -0.05) is 13.0 Å². The van der Waals surface area contributed by atoms with Gasteiger partial charge in [0.15, 0.2) is 0 Å². The van der Waals surface area contributed by atoms with Crippen LogP contribution in [0, 0.1) is 0 Å². The van der Waals surface area contributed by atoms with E-state index in [2.05, 4.69) is 5.32 Å². The average molecular weight is 257 g/mol. The first-order valence-corrected chi connectivity index (χ1v) is 7.13. The van der Waals surface area contributed by atoms with Gasteiger partial charge in [0, 0.05) is 46.5 Å². The summed E-state index contributed by atoms with van der Waals surface area (Å²) in [5.41, 5.74) is 0.727. The molecule has 96 valence electrons. The highest BCUT2D eigenvalue weighted by atomic mass is 32.2. The van der Waals surface area contributed by atoms with Gasteiger partial charge in [-0.25, -0.2) is 0 Å². The minimum absolute atomic E-state index is 0.0375. The van der Waals surface area contributed by atoms with Crippen molar-refractivity contribution < 1.29 is 14.4 Å². The molecule has 0 saturated carbocycles. The first kappa shape index (κ1) is 14.0. The number of aromatic hydroxyl groups is 2. The summed E-state index contributed by atoms with van der Waals surface area (Å²) < 4.78 is 11.2. The third-order valence-corrected chi connectivity index (χ3v) is 3.89. The molecule has 0 saturated heterocycles. The molecule has 2 atom stereocenters. The molecular formula is C12H19NO3S. The van der Waals surface area contributed by atoms with Gasteiger partial charge in [-0.3, -0.25) is 4.21 Å². The number of nitrogens with one attached hydrogen (secondary N) is 1. The molecule has 3 N–H and O–H groups in total. The number of rotatable bonds is 6. The molecule has 0 fully saturated rings. The van der Waals surface area contributed by atoms with E-state index in [9.17, 15) is 14.4 Å². The van der Waals surface area contributed by atoms with Crippen molar-refractivity contribution in [2.45, 2.75) is 19.9 Å². The molecule has 1 aromatic carbocycles. The Morgan fingerprint density at radius 2 is 2.12 bits per heavy atom. The lowest BCUT2D eigenvalue weighted by molar-refractivity contribution is 0.437. The van der Waals surface area contributed by atoms with Crippen molar-refractivity contribution >= 4 is 10.8 Å². The van der Waals surface area contributed by atoms with Gasteiger partial charge in [0.05, 0.1) is 0 Å². The Kier molecular flexibility index (Phi) is 5.44. The molecule has 0 amide bonds. The van der Waals surface area contributed by atoms with Crippen LogP contribution < -0.4 is 5.32 Å². The predicted octanol–water partition coefficient (Wildman–Crippen LogP) is 1.52. The molecule has 17 heavy (non-hydrogen) atoms. The maximum absolute atomic E-state index is 11.2. The van der Waals surface area contributed by atoms with Crippen molar-refractivity contribution in [1.82, 2.24) is 5.32 Å². The van der Waals surface area contributed by atoms with E-state index >= 15 is 0 Å². The summed E-state index contributed by atoms with van der Waals surface area (Å²) in [6.07, 6.45) is 0. The number of hydrogen-bond acceptors (Lipinski definition) is 4. The summed E-state index contributed by atoms with van der Waals surface area (Å²) in [6.45, 7) is 4.45. The Bertz CT molecular complexity index is 395. The minimum atomic E-state index is -0.774. The topological polar surface area (TPSA) is 69.6 Å². The van der Waals surface area contributed by atoms with Crippen molar-refractivity contribution in [2.75, 3.05) is 18.1 Å². The van der Waals surface area contributed by atoms with Crippen molar-refractivity contribution in [3.63, 3.8) is 0 Å². The molecule has 2 unspecified atom stereocenters. The molecule has 1 rings (SSSR count).